The lowest BCUT2D eigenvalue weighted by Crippen LogP contribution is -2.44. The highest BCUT2D eigenvalue weighted by Gasteiger charge is 2.40. The van der Waals surface area contributed by atoms with Crippen LogP contribution in [-0.2, 0) is 9.59 Å². The predicted molar refractivity (Wildman–Crippen MR) is 133 cm³/mol. The number of nitrogens with zero attached hydrogens (tertiary/aromatic N) is 2. The molecule has 9 heteroatoms. The van der Waals surface area contributed by atoms with Gasteiger partial charge in [-0.1, -0.05) is 40.9 Å². The van der Waals surface area contributed by atoms with Gasteiger partial charge in [0.15, 0.2) is 0 Å². The van der Waals surface area contributed by atoms with Gasteiger partial charge in [-0.05, 0) is 54.8 Å². The maximum Gasteiger partial charge on any atom is 0.251 e. The van der Waals surface area contributed by atoms with Gasteiger partial charge < -0.3 is 15.1 Å². The average molecular weight is 523 g/mol. The highest BCUT2D eigenvalue weighted by Crippen LogP contribution is 2.34. The Hall–Kier alpha value is -2.28. The van der Waals surface area contributed by atoms with E-state index < -0.39 is 0 Å². The zero-order chi connectivity index (χ0) is 24.4. The van der Waals surface area contributed by atoms with E-state index in [0.29, 0.717) is 59.7 Å². The Labute approximate surface area is 214 Å². The van der Waals surface area contributed by atoms with Gasteiger partial charge in [-0.3, -0.25) is 14.4 Å². The van der Waals surface area contributed by atoms with Gasteiger partial charge in [-0.2, -0.15) is 0 Å². The van der Waals surface area contributed by atoms with Crippen LogP contribution in [0.5, 0.6) is 0 Å². The summed E-state index contributed by atoms with van der Waals surface area (Å²) in [6, 6.07) is 11.8. The predicted octanol–water partition coefficient (Wildman–Crippen LogP) is 4.63. The van der Waals surface area contributed by atoms with Crippen molar-refractivity contribution in [3.8, 4) is 0 Å². The number of benzene rings is 2. The molecule has 0 aromatic heterocycles. The second-order valence-electron chi connectivity index (χ2n) is 8.89. The number of rotatable bonds is 4. The number of nitrogens with one attached hydrogen (secondary N) is 1. The summed E-state index contributed by atoms with van der Waals surface area (Å²) in [6.45, 7) is 3.60. The summed E-state index contributed by atoms with van der Waals surface area (Å²) < 4.78 is 0. The van der Waals surface area contributed by atoms with Crippen molar-refractivity contribution in [2.24, 2.45) is 5.92 Å². The lowest BCUT2D eigenvalue weighted by Gasteiger charge is -2.32. The van der Waals surface area contributed by atoms with Gasteiger partial charge in [0.1, 0.15) is 0 Å². The Morgan fingerprint density at radius 2 is 1.56 bits per heavy atom. The zero-order valence-corrected chi connectivity index (χ0v) is 21.0. The van der Waals surface area contributed by atoms with E-state index in [1.165, 1.54) is 0 Å². The van der Waals surface area contributed by atoms with E-state index in [1.807, 2.05) is 11.0 Å². The van der Waals surface area contributed by atoms with E-state index in [1.54, 1.807) is 48.2 Å². The van der Waals surface area contributed by atoms with E-state index in [0.717, 1.165) is 5.56 Å². The molecule has 2 atom stereocenters. The molecule has 0 aliphatic carbocycles. The summed E-state index contributed by atoms with van der Waals surface area (Å²) in [4.78, 5) is 41.5. The molecule has 6 nitrogen and oxygen atoms in total. The molecule has 180 valence electrons. The fourth-order valence-electron chi connectivity index (χ4n) is 4.76. The lowest BCUT2D eigenvalue weighted by molar-refractivity contribution is -0.139. The number of halogens is 3. The van der Waals surface area contributed by atoms with Crippen molar-refractivity contribution < 1.29 is 14.4 Å². The Balaban J connectivity index is 1.52. The number of hydrogen-bond donors (Lipinski definition) is 1. The van der Waals surface area contributed by atoms with Crippen LogP contribution < -0.4 is 5.32 Å². The number of likely N-dealkylation sites (tertiary alicyclic amines) is 2. The summed E-state index contributed by atoms with van der Waals surface area (Å²) in [5.41, 5.74) is 1.41. The monoisotopic (exact) mass is 521 g/mol. The van der Waals surface area contributed by atoms with E-state index in [2.05, 4.69) is 5.32 Å². The minimum absolute atomic E-state index is 0.0386. The highest BCUT2D eigenvalue weighted by atomic mass is 35.5. The first-order valence-electron chi connectivity index (χ1n) is 11.3. The number of hydrogen-bond acceptors (Lipinski definition) is 3. The molecule has 2 aromatic carbocycles. The summed E-state index contributed by atoms with van der Waals surface area (Å²) in [6.07, 6.45) is 1.29. The van der Waals surface area contributed by atoms with Crippen LogP contribution in [0.2, 0.25) is 15.1 Å². The van der Waals surface area contributed by atoms with Crippen molar-refractivity contribution in [1.82, 2.24) is 15.1 Å². The average Bonchev–Trinajstić information content (AvgIpc) is 3.24. The van der Waals surface area contributed by atoms with Gasteiger partial charge in [-0.15, -0.1) is 0 Å². The second kappa shape index (κ2) is 10.5. The van der Waals surface area contributed by atoms with Crippen LogP contribution in [0.1, 0.15) is 41.6 Å². The van der Waals surface area contributed by atoms with E-state index >= 15 is 0 Å². The Morgan fingerprint density at radius 3 is 2.18 bits per heavy atom. The van der Waals surface area contributed by atoms with Gasteiger partial charge in [0.2, 0.25) is 11.8 Å². The van der Waals surface area contributed by atoms with Gasteiger partial charge in [-0.25, -0.2) is 0 Å². The summed E-state index contributed by atoms with van der Waals surface area (Å²) in [7, 11) is 0. The quantitative estimate of drug-likeness (QED) is 0.636. The number of amides is 3. The molecule has 2 aromatic rings. The number of carbonyl (C=O) groups excluding carboxylic acids is 3. The maximum absolute atomic E-state index is 13.4. The fourth-order valence-corrected chi connectivity index (χ4v) is 5.20. The first kappa shape index (κ1) is 24.8. The molecule has 0 radical (unpaired) electrons. The van der Waals surface area contributed by atoms with Crippen molar-refractivity contribution in [2.45, 2.75) is 31.7 Å². The first-order valence-corrected chi connectivity index (χ1v) is 12.4. The Bertz CT molecular complexity index is 1080. The first-order chi connectivity index (χ1) is 16.2. The Morgan fingerprint density at radius 1 is 0.882 bits per heavy atom. The minimum Gasteiger partial charge on any atom is -0.347 e. The molecule has 2 saturated heterocycles. The van der Waals surface area contributed by atoms with Crippen molar-refractivity contribution in [2.75, 3.05) is 26.2 Å². The highest BCUT2D eigenvalue weighted by molar-refractivity contribution is 6.42. The van der Waals surface area contributed by atoms with E-state index in [9.17, 15) is 14.4 Å². The van der Waals surface area contributed by atoms with Crippen LogP contribution in [0.4, 0.5) is 0 Å². The maximum atomic E-state index is 13.4. The van der Waals surface area contributed by atoms with E-state index in [4.69, 9.17) is 34.8 Å². The molecule has 1 N–H and O–H groups in total. The summed E-state index contributed by atoms with van der Waals surface area (Å²) >= 11 is 18.3. The molecule has 0 saturated carbocycles. The van der Waals surface area contributed by atoms with Crippen LogP contribution in [-0.4, -0.2) is 59.7 Å². The normalized spacial score (nSPS) is 20.9. The van der Waals surface area contributed by atoms with Crippen LogP contribution in [0, 0.1) is 5.92 Å². The molecular formula is C25H26Cl3N3O3. The molecule has 0 bridgehead atoms. The van der Waals surface area contributed by atoms with Crippen molar-refractivity contribution in [3.63, 3.8) is 0 Å². The van der Waals surface area contributed by atoms with Crippen LogP contribution in [0.15, 0.2) is 42.5 Å². The number of carbonyl (C=O) groups is 3. The molecule has 2 fully saturated rings. The number of piperidine rings is 1. The van der Waals surface area contributed by atoms with Crippen molar-refractivity contribution >= 4 is 52.5 Å². The zero-order valence-electron chi connectivity index (χ0n) is 18.8. The summed E-state index contributed by atoms with van der Waals surface area (Å²) in [5.74, 6) is -0.382. The smallest absolute Gasteiger partial charge is 0.251 e. The van der Waals surface area contributed by atoms with Crippen molar-refractivity contribution in [3.05, 3.63) is 68.7 Å². The van der Waals surface area contributed by atoms with Crippen molar-refractivity contribution in [1.29, 1.82) is 0 Å². The second-order valence-corrected chi connectivity index (χ2v) is 10.1. The van der Waals surface area contributed by atoms with E-state index in [-0.39, 0.29) is 35.6 Å². The lowest BCUT2D eigenvalue weighted by atomic mass is 9.94. The molecule has 4 rings (SSSR count). The van der Waals surface area contributed by atoms with Gasteiger partial charge in [0.25, 0.3) is 5.91 Å². The van der Waals surface area contributed by atoms with Crippen LogP contribution in [0.25, 0.3) is 0 Å². The molecule has 2 aliphatic heterocycles. The van der Waals surface area contributed by atoms with Crippen LogP contribution in [0.3, 0.4) is 0 Å². The summed E-state index contributed by atoms with van der Waals surface area (Å²) in [5, 5.41) is 4.54. The standard InChI is InChI=1S/C25H26Cl3N3O3/c1-15(32)30-10-8-17(9-11-30)25(34)31-13-20(18-4-7-21(27)22(28)12-18)23(14-31)29-24(33)16-2-5-19(26)6-3-16/h2-7,12,17,20,23H,8-11,13-14H2,1H3,(H,29,33)/t20-,23?/m0/s1. The molecular weight excluding hydrogens is 497 g/mol. The third-order valence-electron chi connectivity index (χ3n) is 6.72. The van der Waals surface area contributed by atoms with Gasteiger partial charge in [0.05, 0.1) is 16.1 Å². The van der Waals surface area contributed by atoms with Gasteiger partial charge in [0, 0.05) is 55.5 Å². The molecule has 2 aliphatic rings. The molecule has 2 heterocycles. The van der Waals surface area contributed by atoms with Crippen LogP contribution >= 0.6 is 34.8 Å². The topological polar surface area (TPSA) is 69.7 Å². The Kier molecular flexibility index (Phi) is 7.70. The van der Waals surface area contributed by atoms with Gasteiger partial charge >= 0.3 is 0 Å². The minimum atomic E-state index is -0.290. The molecule has 34 heavy (non-hydrogen) atoms. The third kappa shape index (κ3) is 5.51. The molecule has 3 amide bonds. The molecule has 0 spiro atoms. The molecule has 1 unspecified atom stereocenters. The fraction of sp³-hybridized carbons (Fsp3) is 0.400. The largest absolute Gasteiger partial charge is 0.347 e. The third-order valence-corrected chi connectivity index (χ3v) is 7.71. The SMILES string of the molecule is CC(=O)N1CCC(C(=O)N2CC(NC(=O)c3ccc(Cl)cc3)[C@H](c3ccc(Cl)c(Cl)c3)C2)CC1.